The lowest BCUT2D eigenvalue weighted by Gasteiger charge is -2.13. The van der Waals surface area contributed by atoms with Crippen molar-refractivity contribution < 1.29 is 18.0 Å². The van der Waals surface area contributed by atoms with Crippen LogP contribution >= 0.6 is 0 Å². The normalized spacial score (nSPS) is 11.4. The zero-order valence-corrected chi connectivity index (χ0v) is 18.5. The number of hydrogen-bond acceptors (Lipinski definition) is 6. The second-order valence-corrected chi connectivity index (χ2v) is 9.25. The van der Waals surface area contributed by atoms with E-state index in [9.17, 15) is 13.3 Å². The van der Waals surface area contributed by atoms with Gasteiger partial charge in [0.05, 0.1) is 17.2 Å². The van der Waals surface area contributed by atoms with E-state index in [2.05, 4.69) is 27.7 Å². The van der Waals surface area contributed by atoms with Crippen LogP contribution in [0.1, 0.15) is 17.7 Å². The zero-order chi connectivity index (χ0) is 22.3. The van der Waals surface area contributed by atoms with Crippen molar-refractivity contribution in [3.63, 3.8) is 0 Å². The zero-order valence-electron chi connectivity index (χ0n) is 17.7. The van der Waals surface area contributed by atoms with Gasteiger partial charge < -0.3 is 14.1 Å². The van der Waals surface area contributed by atoms with E-state index in [-0.39, 0.29) is 6.61 Å². The molecule has 2 aromatic carbocycles. The standard InChI is InChI=1S/C23H26N2O5S/c1-18-20(13-16-29-14-6-15-30-24-26)17-23(25(18)21-7-4-3-5-8-21)19-9-11-22(12-10-19)31(2,27)28/h3-5,7-12,17H,6,13-16H2,1-2H3. The molecule has 1 heterocycles. The van der Waals surface area contributed by atoms with Gasteiger partial charge in [0.15, 0.2) is 15.2 Å². The Labute approximate surface area is 182 Å². The topological polar surface area (TPSA) is 87.0 Å². The highest BCUT2D eigenvalue weighted by atomic mass is 32.2. The van der Waals surface area contributed by atoms with Gasteiger partial charge in [-0.25, -0.2) is 8.42 Å². The maximum absolute atomic E-state index is 11.8. The second kappa shape index (κ2) is 10.4. The summed E-state index contributed by atoms with van der Waals surface area (Å²) >= 11 is 0. The molecule has 8 heteroatoms. The first-order chi connectivity index (χ1) is 14.9. The molecule has 3 rings (SSSR count). The van der Waals surface area contributed by atoms with E-state index in [1.54, 1.807) is 12.1 Å². The fourth-order valence-electron chi connectivity index (χ4n) is 3.45. The van der Waals surface area contributed by atoms with Crippen LogP contribution in [-0.4, -0.2) is 39.1 Å². The summed E-state index contributed by atoms with van der Waals surface area (Å²) in [5.74, 6) is 0. The van der Waals surface area contributed by atoms with Crippen LogP contribution in [0, 0.1) is 11.8 Å². The van der Waals surface area contributed by atoms with E-state index in [0.29, 0.717) is 24.5 Å². The van der Waals surface area contributed by atoms with Crippen LogP contribution in [0.15, 0.2) is 70.9 Å². The summed E-state index contributed by atoms with van der Waals surface area (Å²) in [5, 5.41) is 2.36. The maximum Gasteiger partial charge on any atom is 0.175 e. The Bertz CT molecular complexity index is 1110. The van der Waals surface area contributed by atoms with E-state index < -0.39 is 9.84 Å². The summed E-state index contributed by atoms with van der Waals surface area (Å²) in [6.07, 6.45) is 2.54. The minimum absolute atomic E-state index is 0.251. The molecule has 0 saturated carbocycles. The van der Waals surface area contributed by atoms with E-state index in [0.717, 1.165) is 34.6 Å². The quantitative estimate of drug-likeness (QED) is 0.248. The molecule has 0 saturated heterocycles. The number of hydrogen-bond donors (Lipinski definition) is 0. The summed E-state index contributed by atoms with van der Waals surface area (Å²) < 4.78 is 31.4. The van der Waals surface area contributed by atoms with Gasteiger partial charge in [-0.05, 0) is 54.8 Å². The van der Waals surface area contributed by atoms with Crippen molar-refractivity contribution in [2.45, 2.75) is 24.7 Å². The van der Waals surface area contributed by atoms with Gasteiger partial charge in [0.2, 0.25) is 0 Å². The summed E-state index contributed by atoms with van der Waals surface area (Å²) in [4.78, 5) is 14.6. The predicted octanol–water partition coefficient (Wildman–Crippen LogP) is 4.50. The first kappa shape index (κ1) is 22.7. The van der Waals surface area contributed by atoms with Gasteiger partial charge in [0.25, 0.3) is 0 Å². The van der Waals surface area contributed by atoms with Gasteiger partial charge in [0.1, 0.15) is 6.61 Å². The van der Waals surface area contributed by atoms with Crippen LogP contribution in [0.5, 0.6) is 0 Å². The van der Waals surface area contributed by atoms with Gasteiger partial charge in [-0.3, -0.25) is 0 Å². The van der Waals surface area contributed by atoms with Crippen molar-refractivity contribution in [3.05, 3.63) is 76.8 Å². The first-order valence-corrected chi connectivity index (χ1v) is 11.9. The molecule has 1 aromatic heterocycles. The number of ether oxygens (including phenoxy) is 1. The van der Waals surface area contributed by atoms with Gasteiger partial charge in [-0.2, -0.15) is 0 Å². The average Bonchev–Trinajstić information content (AvgIpc) is 3.09. The second-order valence-electron chi connectivity index (χ2n) is 7.23. The fraction of sp³-hybridized carbons (Fsp3) is 0.304. The molecular weight excluding hydrogens is 416 g/mol. The minimum atomic E-state index is -3.25. The summed E-state index contributed by atoms with van der Waals surface area (Å²) in [6.45, 7) is 3.36. The van der Waals surface area contributed by atoms with Gasteiger partial charge in [-0.15, -0.1) is 4.91 Å². The molecule has 3 aromatic rings. The molecule has 0 aliphatic rings. The molecule has 0 fully saturated rings. The number of para-hydroxylation sites is 1. The highest BCUT2D eigenvalue weighted by molar-refractivity contribution is 7.90. The molecule has 7 nitrogen and oxygen atoms in total. The van der Waals surface area contributed by atoms with Crippen molar-refractivity contribution in [2.75, 3.05) is 26.1 Å². The third-order valence-corrected chi connectivity index (χ3v) is 6.17. The van der Waals surface area contributed by atoms with E-state index in [1.165, 1.54) is 6.26 Å². The molecule has 31 heavy (non-hydrogen) atoms. The van der Waals surface area contributed by atoms with Crippen LogP contribution in [-0.2, 0) is 25.8 Å². The molecule has 0 aliphatic carbocycles. The molecule has 0 bridgehead atoms. The summed E-state index contributed by atoms with van der Waals surface area (Å²) in [5.41, 5.74) is 5.21. The SMILES string of the molecule is Cc1c(CCOCCCON=O)cc(-c2ccc(S(C)(=O)=O)cc2)n1-c1ccccc1. The number of aromatic nitrogens is 1. The van der Waals surface area contributed by atoms with Crippen LogP contribution < -0.4 is 0 Å². The molecule has 0 radical (unpaired) electrons. The number of nitrogens with zero attached hydrogens (tertiary/aromatic N) is 2. The third kappa shape index (κ3) is 5.80. The number of sulfone groups is 1. The molecule has 0 aliphatic heterocycles. The highest BCUT2D eigenvalue weighted by Crippen LogP contribution is 2.30. The highest BCUT2D eigenvalue weighted by Gasteiger charge is 2.16. The molecule has 0 N–H and O–H groups in total. The van der Waals surface area contributed by atoms with Crippen LogP contribution in [0.3, 0.4) is 0 Å². The Morgan fingerprint density at radius 2 is 1.68 bits per heavy atom. The molecule has 0 atom stereocenters. The maximum atomic E-state index is 11.8. The molecular formula is C23H26N2O5S. The molecule has 0 spiro atoms. The molecule has 0 amide bonds. The monoisotopic (exact) mass is 442 g/mol. The Morgan fingerprint density at radius 1 is 0.968 bits per heavy atom. The third-order valence-electron chi connectivity index (χ3n) is 5.04. The lowest BCUT2D eigenvalue weighted by atomic mass is 10.1. The minimum Gasteiger partial charge on any atom is -0.381 e. The Balaban J connectivity index is 1.86. The van der Waals surface area contributed by atoms with Gasteiger partial charge in [0, 0.05) is 30.7 Å². The van der Waals surface area contributed by atoms with Gasteiger partial charge >= 0.3 is 0 Å². The lowest BCUT2D eigenvalue weighted by Crippen LogP contribution is -2.04. The van der Waals surface area contributed by atoms with E-state index in [4.69, 9.17) is 4.74 Å². The Hall–Kier alpha value is -2.97. The smallest absolute Gasteiger partial charge is 0.175 e. The van der Waals surface area contributed by atoms with Gasteiger partial charge in [-0.1, -0.05) is 30.3 Å². The van der Waals surface area contributed by atoms with Crippen LogP contribution in [0.25, 0.3) is 16.9 Å². The van der Waals surface area contributed by atoms with Crippen molar-refractivity contribution >= 4 is 9.84 Å². The largest absolute Gasteiger partial charge is 0.381 e. The average molecular weight is 443 g/mol. The first-order valence-electron chi connectivity index (χ1n) is 10.0. The van der Waals surface area contributed by atoms with Crippen molar-refractivity contribution in [3.8, 4) is 16.9 Å². The predicted molar refractivity (Wildman–Crippen MR) is 120 cm³/mol. The van der Waals surface area contributed by atoms with E-state index >= 15 is 0 Å². The number of benzene rings is 2. The number of rotatable bonds is 11. The Morgan fingerprint density at radius 3 is 2.32 bits per heavy atom. The van der Waals surface area contributed by atoms with Crippen molar-refractivity contribution in [1.82, 2.24) is 4.57 Å². The van der Waals surface area contributed by atoms with Crippen LogP contribution in [0.2, 0.25) is 0 Å². The lowest BCUT2D eigenvalue weighted by molar-refractivity contribution is 0.0855. The Kier molecular flexibility index (Phi) is 7.59. The van der Waals surface area contributed by atoms with Crippen LogP contribution in [0.4, 0.5) is 0 Å². The van der Waals surface area contributed by atoms with E-state index in [1.807, 2.05) is 42.5 Å². The summed E-state index contributed by atoms with van der Waals surface area (Å²) in [6, 6.07) is 19.1. The molecule has 0 unspecified atom stereocenters. The fourth-order valence-corrected chi connectivity index (χ4v) is 4.08. The van der Waals surface area contributed by atoms with Crippen molar-refractivity contribution in [2.24, 2.45) is 5.34 Å². The molecule has 164 valence electrons. The summed E-state index contributed by atoms with van der Waals surface area (Å²) in [7, 11) is -3.25. The van der Waals surface area contributed by atoms with Crippen molar-refractivity contribution in [1.29, 1.82) is 0 Å².